The van der Waals surface area contributed by atoms with Gasteiger partial charge in [0.1, 0.15) is 6.10 Å². The van der Waals surface area contributed by atoms with Crippen LogP contribution in [0.5, 0.6) is 0 Å². The molecular weight excluding hydrogens is 174 g/mol. The zero-order valence-electron chi connectivity index (χ0n) is 6.66. The molecule has 1 amide bonds. The van der Waals surface area contributed by atoms with E-state index in [1.165, 1.54) is 5.56 Å². The maximum atomic E-state index is 10.7. The molecule has 1 aliphatic heterocycles. The van der Waals surface area contributed by atoms with Crippen molar-refractivity contribution in [3.8, 4) is 0 Å². The Labute approximate surface area is 74.4 Å². The first-order valence-electron chi connectivity index (χ1n) is 3.74. The molecule has 1 fully saturated rings. The summed E-state index contributed by atoms with van der Waals surface area (Å²) in [6, 6.07) is 0. The number of hydrogen-bond acceptors (Lipinski definition) is 3. The van der Waals surface area contributed by atoms with E-state index in [2.05, 4.69) is 10.7 Å². The molecule has 1 aliphatic rings. The van der Waals surface area contributed by atoms with Crippen LogP contribution in [-0.2, 0) is 4.74 Å². The van der Waals surface area contributed by atoms with Crippen molar-refractivity contribution in [2.24, 2.45) is 0 Å². The molecule has 2 rings (SSSR count). The van der Waals surface area contributed by atoms with Gasteiger partial charge in [0.25, 0.3) is 0 Å². The van der Waals surface area contributed by atoms with E-state index < -0.39 is 0 Å². The molecule has 1 N–H and O–H groups in total. The monoisotopic (exact) mass is 183 g/mol. The van der Waals surface area contributed by atoms with Crippen LogP contribution in [0.1, 0.15) is 17.2 Å². The minimum atomic E-state index is -0.314. The number of amides is 1. The zero-order chi connectivity index (χ0) is 8.55. The van der Waals surface area contributed by atoms with Crippen molar-refractivity contribution in [2.45, 2.75) is 13.0 Å². The first-order chi connectivity index (χ1) is 5.77. The minimum absolute atomic E-state index is 0.0799. The van der Waals surface area contributed by atoms with Gasteiger partial charge >= 0.3 is 6.09 Å². The van der Waals surface area contributed by atoms with Gasteiger partial charge in [-0.1, -0.05) is 0 Å². The third-order valence-electron chi connectivity index (χ3n) is 1.92. The molecule has 0 aromatic carbocycles. The normalized spacial score (nSPS) is 22.1. The van der Waals surface area contributed by atoms with E-state index >= 15 is 0 Å². The number of thiophene rings is 1. The second-order valence-electron chi connectivity index (χ2n) is 2.78. The Hall–Kier alpha value is -1.03. The molecule has 0 radical (unpaired) electrons. The maximum Gasteiger partial charge on any atom is 0.407 e. The van der Waals surface area contributed by atoms with Crippen molar-refractivity contribution in [2.75, 3.05) is 6.54 Å². The molecule has 1 saturated heterocycles. The van der Waals surface area contributed by atoms with E-state index in [9.17, 15) is 4.79 Å². The van der Waals surface area contributed by atoms with Gasteiger partial charge in [-0.2, -0.15) is 11.3 Å². The number of ether oxygens (including phenoxy) is 1. The van der Waals surface area contributed by atoms with E-state index in [1.807, 2.05) is 12.3 Å². The SMILES string of the molecule is Cc1cscc1C1CNC(=O)O1. The highest BCUT2D eigenvalue weighted by molar-refractivity contribution is 7.08. The molecule has 0 aliphatic carbocycles. The van der Waals surface area contributed by atoms with E-state index in [1.54, 1.807) is 11.3 Å². The van der Waals surface area contributed by atoms with Crippen LogP contribution in [0.25, 0.3) is 0 Å². The molecule has 1 aromatic heterocycles. The lowest BCUT2D eigenvalue weighted by atomic mass is 10.1. The van der Waals surface area contributed by atoms with Crippen LogP contribution in [0.4, 0.5) is 4.79 Å². The number of nitrogens with one attached hydrogen (secondary N) is 1. The van der Waals surface area contributed by atoms with Crippen molar-refractivity contribution in [1.82, 2.24) is 5.32 Å². The minimum Gasteiger partial charge on any atom is -0.439 e. The summed E-state index contributed by atoms with van der Waals surface area (Å²) in [5.74, 6) is 0. The fourth-order valence-corrected chi connectivity index (χ4v) is 2.15. The van der Waals surface area contributed by atoms with Gasteiger partial charge in [0.15, 0.2) is 0 Å². The molecule has 0 bridgehead atoms. The standard InChI is InChI=1S/C8H9NO2S/c1-5-3-12-4-6(5)7-2-9-8(10)11-7/h3-4,7H,2H2,1H3,(H,9,10). The van der Waals surface area contributed by atoms with Gasteiger partial charge in [0.2, 0.25) is 0 Å². The van der Waals surface area contributed by atoms with E-state index in [4.69, 9.17) is 4.74 Å². The fraction of sp³-hybridized carbons (Fsp3) is 0.375. The van der Waals surface area contributed by atoms with Gasteiger partial charge in [0.05, 0.1) is 6.54 Å². The first-order valence-corrected chi connectivity index (χ1v) is 4.69. The smallest absolute Gasteiger partial charge is 0.407 e. The third-order valence-corrected chi connectivity index (χ3v) is 2.80. The highest BCUT2D eigenvalue weighted by Crippen LogP contribution is 2.26. The summed E-state index contributed by atoms with van der Waals surface area (Å²) >= 11 is 1.64. The van der Waals surface area contributed by atoms with Crippen molar-refractivity contribution in [3.63, 3.8) is 0 Å². The Bertz CT molecular complexity index is 308. The second kappa shape index (κ2) is 2.79. The highest BCUT2D eigenvalue weighted by Gasteiger charge is 2.25. The molecular formula is C8H9NO2S. The van der Waals surface area contributed by atoms with Crippen molar-refractivity contribution in [3.05, 3.63) is 21.9 Å². The van der Waals surface area contributed by atoms with Crippen LogP contribution < -0.4 is 5.32 Å². The van der Waals surface area contributed by atoms with E-state index in [0.717, 1.165) is 5.56 Å². The van der Waals surface area contributed by atoms with Gasteiger partial charge in [-0.15, -0.1) is 0 Å². The van der Waals surface area contributed by atoms with Crippen molar-refractivity contribution < 1.29 is 9.53 Å². The van der Waals surface area contributed by atoms with Gasteiger partial charge in [-0.3, -0.25) is 0 Å². The predicted molar refractivity (Wildman–Crippen MR) is 46.3 cm³/mol. The van der Waals surface area contributed by atoms with Crippen LogP contribution in [-0.4, -0.2) is 12.6 Å². The summed E-state index contributed by atoms with van der Waals surface area (Å²) in [5.41, 5.74) is 2.32. The zero-order valence-corrected chi connectivity index (χ0v) is 7.48. The maximum absolute atomic E-state index is 10.7. The van der Waals surface area contributed by atoms with E-state index in [0.29, 0.717) is 6.54 Å². The summed E-state index contributed by atoms with van der Waals surface area (Å²) in [5, 5.41) is 6.71. The number of aryl methyl sites for hydroxylation is 1. The Morgan fingerprint density at radius 3 is 3.00 bits per heavy atom. The lowest BCUT2D eigenvalue weighted by Crippen LogP contribution is -2.12. The fourth-order valence-electron chi connectivity index (χ4n) is 1.26. The summed E-state index contributed by atoms with van der Waals surface area (Å²) in [6.07, 6.45) is -0.394. The Balaban J connectivity index is 2.21. The molecule has 0 saturated carbocycles. The molecule has 1 atom stereocenters. The quantitative estimate of drug-likeness (QED) is 0.721. The Morgan fingerprint density at radius 2 is 2.50 bits per heavy atom. The number of rotatable bonds is 1. The summed E-state index contributed by atoms with van der Waals surface area (Å²) in [4.78, 5) is 10.7. The summed E-state index contributed by atoms with van der Waals surface area (Å²) < 4.78 is 5.04. The van der Waals surface area contributed by atoms with Gasteiger partial charge < -0.3 is 10.1 Å². The average Bonchev–Trinajstić information content (AvgIpc) is 2.58. The predicted octanol–water partition coefficient (Wildman–Crippen LogP) is 1.84. The number of carbonyl (C=O) groups is 1. The second-order valence-corrected chi connectivity index (χ2v) is 3.53. The van der Waals surface area contributed by atoms with Crippen LogP contribution in [0, 0.1) is 6.92 Å². The topological polar surface area (TPSA) is 38.3 Å². The lowest BCUT2D eigenvalue weighted by Gasteiger charge is -2.05. The number of alkyl carbamates (subject to hydrolysis) is 1. The van der Waals surface area contributed by atoms with Crippen molar-refractivity contribution in [1.29, 1.82) is 0 Å². The first kappa shape index (κ1) is 7.61. The van der Waals surface area contributed by atoms with Gasteiger partial charge in [-0.25, -0.2) is 4.79 Å². The van der Waals surface area contributed by atoms with Crippen LogP contribution >= 0.6 is 11.3 Å². The van der Waals surface area contributed by atoms with Gasteiger partial charge in [0, 0.05) is 5.56 Å². The Kier molecular flexibility index (Phi) is 1.77. The largest absolute Gasteiger partial charge is 0.439 e. The Morgan fingerprint density at radius 1 is 1.67 bits per heavy atom. The van der Waals surface area contributed by atoms with Crippen LogP contribution in [0.3, 0.4) is 0 Å². The molecule has 3 nitrogen and oxygen atoms in total. The summed E-state index contributed by atoms with van der Waals surface area (Å²) in [7, 11) is 0. The van der Waals surface area contributed by atoms with Crippen LogP contribution in [0.15, 0.2) is 10.8 Å². The average molecular weight is 183 g/mol. The molecule has 4 heteroatoms. The molecule has 1 aromatic rings. The van der Waals surface area contributed by atoms with E-state index in [-0.39, 0.29) is 12.2 Å². The molecule has 0 spiro atoms. The molecule has 12 heavy (non-hydrogen) atoms. The van der Waals surface area contributed by atoms with Gasteiger partial charge in [-0.05, 0) is 23.2 Å². The summed E-state index contributed by atoms with van der Waals surface area (Å²) in [6.45, 7) is 2.62. The number of hydrogen-bond donors (Lipinski definition) is 1. The molecule has 1 unspecified atom stereocenters. The third kappa shape index (κ3) is 1.18. The van der Waals surface area contributed by atoms with Crippen LogP contribution in [0.2, 0.25) is 0 Å². The highest BCUT2D eigenvalue weighted by atomic mass is 32.1. The molecule has 64 valence electrons. The molecule has 2 heterocycles. The van der Waals surface area contributed by atoms with Crippen molar-refractivity contribution >= 4 is 17.4 Å². The lowest BCUT2D eigenvalue weighted by molar-refractivity contribution is 0.141. The number of carbonyl (C=O) groups excluding carboxylic acids is 1. The number of cyclic esters (lactones) is 1.